The maximum absolute atomic E-state index is 10.0. The Morgan fingerprint density at radius 3 is 2.44 bits per heavy atom. The average Bonchev–Trinajstić information content (AvgIpc) is 3.03. The molecule has 0 unspecified atom stereocenters. The van der Waals surface area contributed by atoms with Crippen LogP contribution < -0.4 is 4.80 Å². The summed E-state index contributed by atoms with van der Waals surface area (Å²) in [5, 5.41) is 35.9. The van der Waals surface area contributed by atoms with Gasteiger partial charge in [0.25, 0.3) is 0 Å². The molecule has 0 aliphatic heterocycles. The van der Waals surface area contributed by atoms with Gasteiger partial charge in [0.1, 0.15) is 0 Å². The van der Waals surface area contributed by atoms with Gasteiger partial charge in [0.15, 0.2) is 11.5 Å². The molecule has 2 aromatic rings. The van der Waals surface area contributed by atoms with Crippen LogP contribution in [0.1, 0.15) is 64.1 Å². The molecule has 1 heterocycles. The maximum Gasteiger partial charge on any atom is 0.206 e. The highest BCUT2D eigenvalue weighted by Gasteiger charge is 2.21. The number of hydrogen-bond acceptors (Lipinski definition) is 6. The molecule has 1 aliphatic rings. The van der Waals surface area contributed by atoms with Crippen molar-refractivity contribution in [2.45, 2.75) is 64.3 Å². The lowest BCUT2D eigenvalue weighted by Crippen LogP contribution is -2.24. The Bertz CT molecular complexity index is 900. The molecule has 146 valence electrons. The Kier molecular flexibility index (Phi) is 5.60. The number of phenols is 3. The largest absolute Gasteiger partial charge is 0.504 e. The van der Waals surface area contributed by atoms with Crippen molar-refractivity contribution in [3.63, 3.8) is 0 Å². The lowest BCUT2D eigenvalue weighted by molar-refractivity contribution is 0.367. The van der Waals surface area contributed by atoms with Crippen molar-refractivity contribution < 1.29 is 15.3 Å². The summed E-state index contributed by atoms with van der Waals surface area (Å²) in [5.74, 6) is -1.30. The molecule has 7 heteroatoms. The fourth-order valence-corrected chi connectivity index (χ4v) is 4.30. The van der Waals surface area contributed by atoms with E-state index in [-0.39, 0.29) is 11.2 Å². The fraction of sp³-hybridized carbons (Fsp3) is 0.500. The zero-order valence-corrected chi connectivity index (χ0v) is 16.8. The lowest BCUT2D eigenvalue weighted by atomic mass is 9.93. The second-order valence-corrected chi connectivity index (χ2v) is 8.84. The molecule has 1 aromatic carbocycles. The normalized spacial score (nSPS) is 17.1. The summed E-state index contributed by atoms with van der Waals surface area (Å²) < 4.78 is 1.82. The number of phenolic OH excluding ortho intramolecular Hbond substituents is 3. The van der Waals surface area contributed by atoms with Crippen LogP contribution in [-0.4, -0.2) is 32.3 Å². The van der Waals surface area contributed by atoms with Gasteiger partial charge in [-0.1, -0.05) is 40.0 Å². The Morgan fingerprint density at radius 1 is 1.07 bits per heavy atom. The van der Waals surface area contributed by atoms with Crippen LogP contribution in [0, 0.1) is 0 Å². The molecule has 27 heavy (non-hydrogen) atoms. The van der Waals surface area contributed by atoms with Gasteiger partial charge in [-0.25, -0.2) is 4.68 Å². The second kappa shape index (κ2) is 7.76. The van der Waals surface area contributed by atoms with Gasteiger partial charge in [0.2, 0.25) is 10.6 Å². The Balaban J connectivity index is 2.03. The van der Waals surface area contributed by atoms with Gasteiger partial charge in [0, 0.05) is 16.4 Å². The minimum Gasteiger partial charge on any atom is -0.504 e. The Morgan fingerprint density at radius 2 is 1.78 bits per heavy atom. The van der Waals surface area contributed by atoms with Gasteiger partial charge in [-0.05, 0) is 25.0 Å². The standard InChI is InChI=1S/C20H27N3O3S/c1-20(2,3)16-12-27-19(22-14-7-5-4-6-8-14)23(16)21-11-13-9-10-15(24)18(26)17(13)25/h9-12,14,24-26H,4-8H2,1-3H3/b21-11+,22-19-. The van der Waals surface area contributed by atoms with E-state index in [0.717, 1.165) is 23.3 Å². The first kappa shape index (κ1) is 19.5. The fourth-order valence-electron chi connectivity index (χ4n) is 3.18. The molecule has 3 rings (SSSR count). The topological polar surface area (TPSA) is 90.3 Å². The van der Waals surface area contributed by atoms with Crippen molar-refractivity contribution >= 4 is 17.6 Å². The molecule has 0 atom stereocenters. The zero-order chi connectivity index (χ0) is 19.6. The highest BCUT2D eigenvalue weighted by Crippen LogP contribution is 2.36. The van der Waals surface area contributed by atoms with Gasteiger partial charge < -0.3 is 15.3 Å². The highest BCUT2D eigenvalue weighted by atomic mass is 32.1. The molecule has 0 amide bonds. The van der Waals surface area contributed by atoms with Crippen LogP contribution in [0.4, 0.5) is 0 Å². The van der Waals surface area contributed by atoms with E-state index in [1.54, 1.807) is 11.3 Å². The molecule has 3 N–H and O–H groups in total. The Hall–Kier alpha value is -2.28. The first-order valence-electron chi connectivity index (χ1n) is 9.30. The molecule has 1 fully saturated rings. The molecule has 1 saturated carbocycles. The number of rotatable bonds is 3. The SMILES string of the molecule is CC(C)(C)c1cs/c(=N\C2CCCCC2)n1/N=C/c1ccc(O)c(O)c1O. The highest BCUT2D eigenvalue weighted by molar-refractivity contribution is 7.07. The predicted octanol–water partition coefficient (Wildman–Crippen LogP) is 4.08. The average molecular weight is 390 g/mol. The van der Waals surface area contributed by atoms with Gasteiger partial charge in [-0.2, -0.15) is 5.10 Å². The van der Waals surface area contributed by atoms with Crippen molar-refractivity contribution in [3.05, 3.63) is 33.6 Å². The Labute approximate surface area is 163 Å². The van der Waals surface area contributed by atoms with Crippen LogP contribution >= 0.6 is 11.3 Å². The van der Waals surface area contributed by atoms with Gasteiger partial charge in [-0.3, -0.25) is 4.99 Å². The number of nitrogens with zero attached hydrogens (tertiary/aromatic N) is 3. The summed E-state index contributed by atoms with van der Waals surface area (Å²) in [7, 11) is 0. The van der Waals surface area contributed by atoms with Gasteiger partial charge >= 0.3 is 0 Å². The summed E-state index contributed by atoms with van der Waals surface area (Å²) in [6.07, 6.45) is 7.42. The summed E-state index contributed by atoms with van der Waals surface area (Å²) in [4.78, 5) is 5.77. The molecular formula is C20H27N3O3S. The first-order valence-corrected chi connectivity index (χ1v) is 10.2. The molecule has 0 radical (unpaired) electrons. The van der Waals surface area contributed by atoms with Crippen LogP contribution in [0.15, 0.2) is 27.6 Å². The van der Waals surface area contributed by atoms with Crippen LogP contribution in [0.3, 0.4) is 0 Å². The minimum absolute atomic E-state index is 0.118. The third-order valence-electron chi connectivity index (χ3n) is 4.79. The summed E-state index contributed by atoms with van der Waals surface area (Å²) >= 11 is 1.57. The number of thiazole rings is 1. The smallest absolute Gasteiger partial charge is 0.206 e. The van der Waals surface area contributed by atoms with E-state index < -0.39 is 11.5 Å². The van der Waals surface area contributed by atoms with Crippen LogP contribution in [-0.2, 0) is 5.41 Å². The summed E-state index contributed by atoms with van der Waals surface area (Å²) in [6, 6.07) is 3.17. The third-order valence-corrected chi connectivity index (χ3v) is 5.63. The van der Waals surface area contributed by atoms with Crippen LogP contribution in [0.25, 0.3) is 0 Å². The van der Waals surface area contributed by atoms with Gasteiger partial charge in [0.05, 0.1) is 18.0 Å². The van der Waals surface area contributed by atoms with E-state index in [2.05, 4.69) is 31.3 Å². The predicted molar refractivity (Wildman–Crippen MR) is 108 cm³/mol. The second-order valence-electron chi connectivity index (χ2n) is 8.00. The van der Waals surface area contributed by atoms with Crippen molar-refractivity contribution in [1.29, 1.82) is 0 Å². The number of aromatic hydroxyl groups is 3. The molecular weight excluding hydrogens is 362 g/mol. The van der Waals surface area contributed by atoms with Crippen molar-refractivity contribution in [2.24, 2.45) is 10.1 Å². The molecule has 1 aliphatic carbocycles. The molecule has 0 saturated heterocycles. The third kappa shape index (κ3) is 4.35. The maximum atomic E-state index is 10.0. The summed E-state index contributed by atoms with van der Waals surface area (Å²) in [6.45, 7) is 6.36. The van der Waals surface area contributed by atoms with E-state index in [1.807, 2.05) is 4.68 Å². The van der Waals surface area contributed by atoms with Gasteiger partial charge in [-0.15, -0.1) is 11.3 Å². The molecule has 6 nitrogen and oxygen atoms in total. The number of aromatic nitrogens is 1. The number of hydrogen-bond donors (Lipinski definition) is 3. The number of benzene rings is 1. The first-order chi connectivity index (χ1) is 12.8. The van der Waals surface area contributed by atoms with Crippen molar-refractivity contribution in [2.75, 3.05) is 0 Å². The van der Waals surface area contributed by atoms with E-state index >= 15 is 0 Å². The lowest BCUT2D eigenvalue weighted by Gasteiger charge is -2.19. The minimum atomic E-state index is -0.544. The monoisotopic (exact) mass is 389 g/mol. The molecule has 1 aromatic heterocycles. The van der Waals surface area contributed by atoms with Crippen LogP contribution in [0.2, 0.25) is 0 Å². The van der Waals surface area contributed by atoms with Crippen molar-refractivity contribution in [1.82, 2.24) is 4.68 Å². The van der Waals surface area contributed by atoms with Crippen molar-refractivity contribution in [3.8, 4) is 17.2 Å². The zero-order valence-electron chi connectivity index (χ0n) is 16.0. The van der Waals surface area contributed by atoms with E-state index in [4.69, 9.17) is 4.99 Å². The molecule has 0 spiro atoms. The molecule has 0 bridgehead atoms. The van der Waals surface area contributed by atoms with E-state index in [1.165, 1.54) is 37.6 Å². The summed E-state index contributed by atoms with van der Waals surface area (Å²) in [5.41, 5.74) is 1.24. The quantitative estimate of drug-likeness (QED) is 0.546. The van der Waals surface area contributed by atoms with E-state index in [0.29, 0.717) is 11.6 Å². The van der Waals surface area contributed by atoms with E-state index in [9.17, 15) is 15.3 Å². The van der Waals surface area contributed by atoms with Crippen LogP contribution in [0.5, 0.6) is 17.2 Å².